The molecule has 1 heterocycles. The van der Waals surface area contributed by atoms with Crippen LogP contribution in [-0.2, 0) is 0 Å². The van der Waals surface area contributed by atoms with Gasteiger partial charge < -0.3 is 16.3 Å². The number of carbonyl (C=O) groups is 1. The average molecular weight is 289 g/mol. The molecule has 0 aliphatic heterocycles. The van der Waals surface area contributed by atoms with Crippen molar-refractivity contribution in [3.05, 3.63) is 53.4 Å². The van der Waals surface area contributed by atoms with Crippen LogP contribution in [0, 0.1) is 12.7 Å². The number of nitrogens with two attached hydrogens (primary N) is 1. The van der Waals surface area contributed by atoms with Crippen LogP contribution in [0.2, 0.25) is 0 Å². The summed E-state index contributed by atoms with van der Waals surface area (Å²) in [6, 6.07) is 3.77. The van der Waals surface area contributed by atoms with Gasteiger partial charge in [-0.2, -0.15) is 0 Å². The summed E-state index contributed by atoms with van der Waals surface area (Å²) in [7, 11) is 0. The lowest BCUT2D eigenvalue weighted by Crippen LogP contribution is -2.17. The maximum absolute atomic E-state index is 13.8. The Kier molecular flexibility index (Phi) is 4.07. The Morgan fingerprint density at radius 3 is 2.71 bits per heavy atom. The van der Waals surface area contributed by atoms with E-state index >= 15 is 0 Å². The lowest BCUT2D eigenvalue weighted by Gasteiger charge is -2.07. The van der Waals surface area contributed by atoms with Crippen LogP contribution in [0.15, 0.2) is 35.7 Å². The fourth-order valence-corrected chi connectivity index (χ4v) is 1.53. The zero-order valence-electron chi connectivity index (χ0n) is 11.0. The van der Waals surface area contributed by atoms with Crippen LogP contribution in [-0.4, -0.2) is 26.9 Å². The van der Waals surface area contributed by atoms with Gasteiger partial charge >= 0.3 is 0 Å². The quantitative estimate of drug-likeness (QED) is 0.341. The summed E-state index contributed by atoms with van der Waals surface area (Å²) in [6.45, 7) is 1.74. The number of nitrogens with one attached hydrogen (secondary N) is 1. The van der Waals surface area contributed by atoms with Crippen molar-refractivity contribution in [1.82, 2.24) is 9.97 Å². The van der Waals surface area contributed by atoms with E-state index in [4.69, 9.17) is 10.9 Å². The standard InChI is InChI=1S/C13H12FN5O2/c1-7-5-17-11(6-16-7)13(20)18-10-3-2-8(4-9(10)14)12(15)19-21/h2-6,21H,1H3,(H2,15,19)(H,18,20). The number of amidine groups is 1. The number of benzene rings is 1. The van der Waals surface area contributed by atoms with Crippen molar-refractivity contribution in [2.24, 2.45) is 10.9 Å². The maximum atomic E-state index is 13.8. The van der Waals surface area contributed by atoms with Gasteiger partial charge in [-0.1, -0.05) is 5.16 Å². The van der Waals surface area contributed by atoms with Crippen LogP contribution in [0.3, 0.4) is 0 Å². The average Bonchev–Trinajstić information content (AvgIpc) is 2.49. The van der Waals surface area contributed by atoms with Crippen LogP contribution in [0.25, 0.3) is 0 Å². The highest BCUT2D eigenvalue weighted by atomic mass is 19.1. The molecule has 4 N–H and O–H groups in total. The van der Waals surface area contributed by atoms with Gasteiger partial charge in [-0.05, 0) is 25.1 Å². The maximum Gasteiger partial charge on any atom is 0.275 e. The van der Waals surface area contributed by atoms with E-state index in [-0.39, 0.29) is 22.8 Å². The van der Waals surface area contributed by atoms with Crippen LogP contribution in [0.4, 0.5) is 10.1 Å². The summed E-state index contributed by atoms with van der Waals surface area (Å²) in [6.07, 6.45) is 2.74. The minimum absolute atomic E-state index is 0.0446. The highest BCUT2D eigenvalue weighted by molar-refractivity contribution is 6.03. The lowest BCUT2D eigenvalue weighted by atomic mass is 10.2. The molecule has 0 fully saturated rings. The largest absolute Gasteiger partial charge is 0.409 e. The molecule has 7 nitrogen and oxygen atoms in total. The van der Waals surface area contributed by atoms with E-state index < -0.39 is 11.7 Å². The number of amides is 1. The molecule has 0 bridgehead atoms. The van der Waals surface area contributed by atoms with E-state index in [0.717, 1.165) is 6.07 Å². The topological polar surface area (TPSA) is 113 Å². The molecule has 2 aromatic rings. The van der Waals surface area contributed by atoms with Gasteiger partial charge in [-0.25, -0.2) is 9.37 Å². The zero-order valence-corrected chi connectivity index (χ0v) is 11.0. The van der Waals surface area contributed by atoms with Gasteiger partial charge in [0.25, 0.3) is 5.91 Å². The second-order valence-corrected chi connectivity index (χ2v) is 4.18. The van der Waals surface area contributed by atoms with Gasteiger partial charge in [0.15, 0.2) is 5.84 Å². The van der Waals surface area contributed by atoms with E-state index in [1.807, 2.05) is 0 Å². The number of anilines is 1. The first-order valence-electron chi connectivity index (χ1n) is 5.88. The summed E-state index contributed by atoms with van der Waals surface area (Å²) in [4.78, 5) is 19.7. The molecular weight excluding hydrogens is 277 g/mol. The molecule has 0 saturated carbocycles. The van der Waals surface area contributed by atoms with E-state index in [0.29, 0.717) is 5.69 Å². The van der Waals surface area contributed by atoms with Crippen LogP contribution < -0.4 is 11.1 Å². The predicted molar refractivity (Wildman–Crippen MR) is 73.6 cm³/mol. The summed E-state index contributed by atoms with van der Waals surface area (Å²) < 4.78 is 13.8. The summed E-state index contributed by atoms with van der Waals surface area (Å²) in [5.41, 5.74) is 6.24. The third kappa shape index (κ3) is 3.30. The molecule has 8 heteroatoms. The van der Waals surface area contributed by atoms with E-state index in [2.05, 4.69) is 20.4 Å². The van der Waals surface area contributed by atoms with Crippen molar-refractivity contribution >= 4 is 17.4 Å². The highest BCUT2D eigenvalue weighted by Crippen LogP contribution is 2.16. The monoisotopic (exact) mass is 289 g/mol. The SMILES string of the molecule is Cc1cnc(C(=O)Nc2ccc(/C(N)=N/O)cc2F)cn1. The first-order chi connectivity index (χ1) is 10.0. The lowest BCUT2D eigenvalue weighted by molar-refractivity contribution is 0.102. The molecule has 21 heavy (non-hydrogen) atoms. The number of halogens is 1. The number of hydrogen-bond donors (Lipinski definition) is 3. The van der Waals surface area contributed by atoms with Crippen molar-refractivity contribution in [3.8, 4) is 0 Å². The predicted octanol–water partition coefficient (Wildman–Crippen LogP) is 1.27. The molecule has 1 aromatic carbocycles. The van der Waals surface area contributed by atoms with Gasteiger partial charge in [0.05, 0.1) is 17.6 Å². The van der Waals surface area contributed by atoms with Crippen LogP contribution >= 0.6 is 0 Å². The summed E-state index contributed by atoms with van der Waals surface area (Å²) >= 11 is 0. The molecule has 1 aromatic heterocycles. The zero-order chi connectivity index (χ0) is 15.4. The molecule has 0 aliphatic rings. The normalized spacial score (nSPS) is 11.2. The number of nitrogens with zero attached hydrogens (tertiary/aromatic N) is 3. The van der Waals surface area contributed by atoms with Gasteiger partial charge in [-0.15, -0.1) is 0 Å². The molecule has 108 valence electrons. The molecule has 0 saturated heterocycles. The Morgan fingerprint density at radius 2 is 2.14 bits per heavy atom. The van der Waals surface area contributed by atoms with Crippen molar-refractivity contribution in [3.63, 3.8) is 0 Å². The second kappa shape index (κ2) is 5.95. The molecular formula is C13H12FN5O2. The first-order valence-corrected chi connectivity index (χ1v) is 5.88. The fourth-order valence-electron chi connectivity index (χ4n) is 1.53. The third-order valence-corrected chi connectivity index (χ3v) is 2.63. The number of oxime groups is 1. The number of aryl methyl sites for hydroxylation is 1. The fraction of sp³-hybridized carbons (Fsp3) is 0.0769. The van der Waals surface area contributed by atoms with Crippen LogP contribution in [0.1, 0.15) is 21.7 Å². The minimum atomic E-state index is -0.715. The number of hydrogen-bond acceptors (Lipinski definition) is 5. The molecule has 1 amide bonds. The van der Waals surface area contributed by atoms with Gasteiger partial charge in [0.2, 0.25) is 0 Å². The summed E-state index contributed by atoms with van der Waals surface area (Å²) in [5.74, 6) is -1.53. The Hall–Kier alpha value is -3.03. The van der Waals surface area contributed by atoms with E-state index in [9.17, 15) is 9.18 Å². The molecule has 0 spiro atoms. The van der Waals surface area contributed by atoms with E-state index in [1.54, 1.807) is 6.92 Å². The van der Waals surface area contributed by atoms with Crippen molar-refractivity contribution in [1.29, 1.82) is 0 Å². The number of rotatable bonds is 3. The Balaban J connectivity index is 2.20. The number of carbonyl (C=O) groups excluding carboxylic acids is 1. The van der Waals surface area contributed by atoms with Crippen molar-refractivity contribution in [2.45, 2.75) is 6.92 Å². The molecule has 2 rings (SSSR count). The highest BCUT2D eigenvalue weighted by Gasteiger charge is 2.12. The van der Waals surface area contributed by atoms with Gasteiger partial charge in [0.1, 0.15) is 11.5 Å². The van der Waals surface area contributed by atoms with Gasteiger partial charge in [0, 0.05) is 11.8 Å². The smallest absolute Gasteiger partial charge is 0.275 e. The Labute approximate surface area is 119 Å². The van der Waals surface area contributed by atoms with E-state index in [1.165, 1.54) is 24.5 Å². The molecule has 0 unspecified atom stereocenters. The van der Waals surface area contributed by atoms with Crippen LogP contribution in [0.5, 0.6) is 0 Å². The van der Waals surface area contributed by atoms with Crippen molar-refractivity contribution < 1.29 is 14.4 Å². The molecule has 0 aliphatic carbocycles. The minimum Gasteiger partial charge on any atom is -0.409 e. The van der Waals surface area contributed by atoms with Crippen molar-refractivity contribution in [2.75, 3.05) is 5.32 Å². The Bertz CT molecular complexity index is 700. The molecule has 0 atom stereocenters. The van der Waals surface area contributed by atoms with Gasteiger partial charge in [-0.3, -0.25) is 9.78 Å². The summed E-state index contributed by atoms with van der Waals surface area (Å²) in [5, 5.41) is 13.7. The third-order valence-electron chi connectivity index (χ3n) is 2.63. The first kappa shape index (κ1) is 14.4. The molecule has 0 radical (unpaired) electrons. The number of aromatic nitrogens is 2. The second-order valence-electron chi connectivity index (χ2n) is 4.18. The Morgan fingerprint density at radius 1 is 1.38 bits per heavy atom.